The number of ether oxygens (including phenoxy) is 1. The molecule has 26 heavy (non-hydrogen) atoms. The Hall–Kier alpha value is -1.89. The number of amides is 2. The number of hydrazine groups is 1. The number of thiophene rings is 1. The molecule has 0 aromatic carbocycles. The molecule has 2 amide bonds. The molecule has 1 fully saturated rings. The maximum Gasteiger partial charge on any atom is 0.308 e. The highest BCUT2D eigenvalue weighted by atomic mass is 32.1. The molecule has 3 atom stereocenters. The number of hydrogen-bond acceptors (Lipinski definition) is 5. The van der Waals surface area contributed by atoms with Gasteiger partial charge in [-0.25, -0.2) is 0 Å². The average Bonchev–Trinajstić information content (AvgIpc) is 3.08. The smallest absolute Gasteiger partial charge is 0.308 e. The lowest BCUT2D eigenvalue weighted by Crippen LogP contribution is -2.45. The van der Waals surface area contributed by atoms with Crippen molar-refractivity contribution in [2.45, 2.75) is 51.9 Å². The number of carbonyl (C=O) groups is 3. The van der Waals surface area contributed by atoms with E-state index in [-0.39, 0.29) is 29.6 Å². The lowest BCUT2D eigenvalue weighted by molar-refractivity contribution is -0.147. The number of fused-ring (bicyclic) bond motifs is 1. The maximum atomic E-state index is 12.4. The minimum atomic E-state index is -0.273. The predicted molar refractivity (Wildman–Crippen MR) is 98.6 cm³/mol. The van der Waals surface area contributed by atoms with Crippen LogP contribution < -0.4 is 10.9 Å². The van der Waals surface area contributed by atoms with Crippen LogP contribution in [0.2, 0.25) is 0 Å². The summed E-state index contributed by atoms with van der Waals surface area (Å²) in [6, 6.07) is 1.95. The fraction of sp³-hybridized carbons (Fsp3) is 0.632. The second-order valence-electron chi connectivity index (χ2n) is 7.43. The van der Waals surface area contributed by atoms with Crippen LogP contribution in [0.15, 0.2) is 6.07 Å². The Labute approximate surface area is 157 Å². The van der Waals surface area contributed by atoms with Gasteiger partial charge in [-0.1, -0.05) is 13.3 Å². The van der Waals surface area contributed by atoms with Gasteiger partial charge in [-0.2, -0.15) is 0 Å². The van der Waals surface area contributed by atoms with Crippen LogP contribution in [0.5, 0.6) is 0 Å². The van der Waals surface area contributed by atoms with E-state index in [1.807, 2.05) is 6.07 Å². The van der Waals surface area contributed by atoms with E-state index in [4.69, 9.17) is 4.74 Å². The molecule has 3 rings (SSSR count). The van der Waals surface area contributed by atoms with E-state index >= 15 is 0 Å². The van der Waals surface area contributed by atoms with Crippen molar-refractivity contribution in [2.24, 2.45) is 17.8 Å². The summed E-state index contributed by atoms with van der Waals surface area (Å²) in [6.07, 6.45) is 5.96. The fourth-order valence-electron chi connectivity index (χ4n) is 3.91. The van der Waals surface area contributed by atoms with Crippen LogP contribution in [-0.2, 0) is 27.2 Å². The molecule has 3 unspecified atom stereocenters. The monoisotopic (exact) mass is 378 g/mol. The van der Waals surface area contributed by atoms with Gasteiger partial charge in [0, 0.05) is 10.8 Å². The molecule has 1 heterocycles. The third-order valence-electron chi connectivity index (χ3n) is 5.43. The van der Waals surface area contributed by atoms with E-state index in [0.29, 0.717) is 17.2 Å². The van der Waals surface area contributed by atoms with E-state index in [2.05, 4.69) is 17.8 Å². The second kappa shape index (κ2) is 8.20. The standard InChI is InChI=1S/C19H26N2O4S/c1-11-6-7-15-14(8-11)10-16(26-15)18(23)21-20-17(22)12-4-3-5-13(9-12)19(24)25-2/h10-13H,3-9H2,1-2H3,(H,20,22)(H,21,23). The van der Waals surface area contributed by atoms with Gasteiger partial charge in [0.25, 0.3) is 5.91 Å². The van der Waals surface area contributed by atoms with Crippen molar-refractivity contribution >= 4 is 29.1 Å². The zero-order valence-corrected chi connectivity index (χ0v) is 16.1. The molecule has 0 radical (unpaired) electrons. The number of esters is 1. The van der Waals surface area contributed by atoms with E-state index in [1.165, 1.54) is 28.9 Å². The quantitative estimate of drug-likeness (QED) is 0.625. The molecule has 0 spiro atoms. The number of hydrogen-bond donors (Lipinski definition) is 2. The van der Waals surface area contributed by atoms with Crippen LogP contribution in [0.25, 0.3) is 0 Å². The lowest BCUT2D eigenvalue weighted by Gasteiger charge is -2.26. The van der Waals surface area contributed by atoms with Crippen LogP contribution in [0.3, 0.4) is 0 Å². The summed E-state index contributed by atoms with van der Waals surface area (Å²) in [7, 11) is 1.37. The topological polar surface area (TPSA) is 84.5 Å². The third kappa shape index (κ3) is 4.26. The van der Waals surface area contributed by atoms with Gasteiger partial charge in [0.1, 0.15) is 0 Å². The van der Waals surface area contributed by atoms with Gasteiger partial charge in [-0.15, -0.1) is 11.3 Å². The minimum Gasteiger partial charge on any atom is -0.469 e. The summed E-state index contributed by atoms with van der Waals surface area (Å²) >= 11 is 1.52. The number of aryl methyl sites for hydroxylation is 1. The van der Waals surface area contributed by atoms with Crippen molar-refractivity contribution in [3.8, 4) is 0 Å². The van der Waals surface area contributed by atoms with Crippen molar-refractivity contribution in [1.82, 2.24) is 10.9 Å². The van der Waals surface area contributed by atoms with Gasteiger partial charge >= 0.3 is 5.97 Å². The molecule has 1 saturated carbocycles. The van der Waals surface area contributed by atoms with Crippen LogP contribution >= 0.6 is 11.3 Å². The summed E-state index contributed by atoms with van der Waals surface area (Å²) in [5.74, 6) is -0.615. The molecule has 0 bridgehead atoms. The molecule has 1 aromatic rings. The highest BCUT2D eigenvalue weighted by Crippen LogP contribution is 2.32. The Morgan fingerprint density at radius 3 is 2.69 bits per heavy atom. The Bertz CT molecular complexity index is 700. The normalized spacial score (nSPS) is 25.1. The molecule has 1 aromatic heterocycles. The highest BCUT2D eigenvalue weighted by Gasteiger charge is 2.32. The maximum absolute atomic E-state index is 12.4. The molecular weight excluding hydrogens is 352 g/mol. The van der Waals surface area contributed by atoms with Gasteiger partial charge in [-0.3, -0.25) is 25.2 Å². The summed E-state index contributed by atoms with van der Waals surface area (Å²) < 4.78 is 4.78. The summed E-state index contributed by atoms with van der Waals surface area (Å²) in [5.41, 5.74) is 6.33. The van der Waals surface area contributed by atoms with Gasteiger partial charge < -0.3 is 4.74 Å². The first kappa shape index (κ1) is 18.9. The Morgan fingerprint density at radius 1 is 1.15 bits per heavy atom. The SMILES string of the molecule is COC(=O)C1CCCC(C(=O)NNC(=O)c2cc3c(s2)CCC(C)C3)C1. The average molecular weight is 378 g/mol. The first-order valence-electron chi connectivity index (χ1n) is 9.27. The molecule has 142 valence electrons. The van der Waals surface area contributed by atoms with Gasteiger partial charge in [0.15, 0.2) is 0 Å². The molecule has 6 nitrogen and oxygen atoms in total. The lowest BCUT2D eigenvalue weighted by atomic mass is 9.81. The summed E-state index contributed by atoms with van der Waals surface area (Å²) in [4.78, 5) is 38.3. The van der Waals surface area contributed by atoms with E-state index in [1.54, 1.807) is 0 Å². The minimum absolute atomic E-state index is 0.230. The number of methoxy groups -OCH3 is 1. The fourth-order valence-corrected chi connectivity index (χ4v) is 5.01. The van der Waals surface area contributed by atoms with Crippen molar-refractivity contribution < 1.29 is 19.1 Å². The summed E-state index contributed by atoms with van der Waals surface area (Å²) in [6.45, 7) is 2.23. The third-order valence-corrected chi connectivity index (χ3v) is 6.67. The van der Waals surface area contributed by atoms with Crippen molar-refractivity contribution in [3.63, 3.8) is 0 Å². The number of carbonyl (C=O) groups excluding carboxylic acids is 3. The van der Waals surface area contributed by atoms with Crippen molar-refractivity contribution in [2.75, 3.05) is 7.11 Å². The molecule has 0 saturated heterocycles. The Morgan fingerprint density at radius 2 is 1.92 bits per heavy atom. The summed E-state index contributed by atoms with van der Waals surface area (Å²) in [5, 5.41) is 0. The van der Waals surface area contributed by atoms with Crippen molar-refractivity contribution in [3.05, 3.63) is 21.4 Å². The predicted octanol–water partition coefficient (Wildman–Crippen LogP) is 2.61. The van der Waals surface area contributed by atoms with Gasteiger partial charge in [0.05, 0.1) is 17.9 Å². The van der Waals surface area contributed by atoms with Crippen LogP contribution in [-0.4, -0.2) is 24.9 Å². The molecule has 2 aliphatic rings. The molecular formula is C19H26N2O4S. The van der Waals surface area contributed by atoms with Crippen LogP contribution in [0.1, 0.15) is 59.1 Å². The number of nitrogens with one attached hydrogen (secondary N) is 2. The van der Waals surface area contributed by atoms with Crippen molar-refractivity contribution in [1.29, 1.82) is 0 Å². The van der Waals surface area contributed by atoms with E-state index in [9.17, 15) is 14.4 Å². The van der Waals surface area contributed by atoms with Crippen LogP contribution in [0, 0.1) is 17.8 Å². The molecule has 0 aliphatic heterocycles. The highest BCUT2D eigenvalue weighted by molar-refractivity contribution is 7.14. The Kier molecular flexibility index (Phi) is 5.96. The molecule has 7 heteroatoms. The second-order valence-corrected chi connectivity index (χ2v) is 8.57. The van der Waals surface area contributed by atoms with E-state index in [0.717, 1.165) is 38.5 Å². The first-order valence-corrected chi connectivity index (χ1v) is 10.1. The van der Waals surface area contributed by atoms with Gasteiger partial charge in [-0.05, 0) is 56.1 Å². The zero-order valence-electron chi connectivity index (χ0n) is 15.3. The van der Waals surface area contributed by atoms with Gasteiger partial charge in [0.2, 0.25) is 5.91 Å². The molecule has 2 N–H and O–H groups in total. The van der Waals surface area contributed by atoms with E-state index < -0.39 is 0 Å². The largest absolute Gasteiger partial charge is 0.469 e. The Balaban J connectivity index is 1.53. The number of rotatable bonds is 3. The first-order chi connectivity index (χ1) is 12.5. The zero-order chi connectivity index (χ0) is 18.7. The van der Waals surface area contributed by atoms with Crippen LogP contribution in [0.4, 0.5) is 0 Å². The molecule has 2 aliphatic carbocycles.